The Morgan fingerprint density at radius 3 is 1.38 bits per heavy atom. The largest absolute Gasteiger partial charge is 0.270 e. The summed E-state index contributed by atoms with van der Waals surface area (Å²) in [6.45, 7) is 5.43. The number of quaternary nitrogens is 1. The third kappa shape index (κ3) is 18.2. The van der Waals surface area contributed by atoms with Crippen LogP contribution in [0, 0.1) is 0 Å². The van der Waals surface area contributed by atoms with Gasteiger partial charge >= 0.3 is 0 Å². The number of hydrogen-bond acceptors (Lipinski definition) is 1. The molecule has 156 valence electrons. The van der Waals surface area contributed by atoms with Crippen LogP contribution in [0.1, 0.15) is 123 Å². The summed E-state index contributed by atoms with van der Waals surface area (Å²) in [7, 11) is 4.13. The van der Waals surface area contributed by atoms with Crippen molar-refractivity contribution in [1.82, 2.24) is 5.43 Å². The van der Waals surface area contributed by atoms with Crippen molar-refractivity contribution in [3.05, 3.63) is 0 Å². The summed E-state index contributed by atoms with van der Waals surface area (Å²) in [5, 5.41) is 0. The minimum Gasteiger partial charge on any atom is -0.270 e. The fourth-order valence-corrected chi connectivity index (χ4v) is 3.67. The first-order valence-electron chi connectivity index (χ1n) is 11.7. The molecule has 0 heterocycles. The lowest BCUT2D eigenvalue weighted by Gasteiger charge is -2.28. The highest BCUT2D eigenvalue weighted by Gasteiger charge is 2.16. The number of unbranched alkanes of at least 4 members (excludes halogenated alkanes) is 14. The molecule has 0 fully saturated rings. The van der Waals surface area contributed by atoms with Crippen LogP contribution in [0.5, 0.6) is 0 Å². The van der Waals surface area contributed by atoms with Crippen molar-refractivity contribution < 1.29 is 9.39 Å². The van der Waals surface area contributed by atoms with E-state index < -0.39 is 0 Å². The van der Waals surface area contributed by atoms with Gasteiger partial charge in [0.05, 0.1) is 14.1 Å². The number of hydrogen-bond donors (Lipinski definition) is 1. The Balaban J connectivity index is 3.25. The average Bonchev–Trinajstić information content (AvgIpc) is 2.57. The van der Waals surface area contributed by atoms with Crippen LogP contribution in [-0.4, -0.2) is 31.1 Å². The normalized spacial score (nSPS) is 11.7. The first-order valence-corrected chi connectivity index (χ1v) is 11.7. The van der Waals surface area contributed by atoms with Gasteiger partial charge in [0.1, 0.15) is 6.54 Å². The Bertz CT molecular complexity index is 315. The molecular weight excluding hydrogens is 320 g/mol. The van der Waals surface area contributed by atoms with Crippen LogP contribution in [0.25, 0.3) is 0 Å². The molecule has 0 atom stereocenters. The van der Waals surface area contributed by atoms with Crippen LogP contribution in [0.3, 0.4) is 0 Å². The fourth-order valence-electron chi connectivity index (χ4n) is 3.67. The van der Waals surface area contributed by atoms with Crippen molar-refractivity contribution in [2.45, 2.75) is 123 Å². The molecule has 0 spiro atoms. The van der Waals surface area contributed by atoms with E-state index in [-0.39, 0.29) is 5.91 Å². The molecule has 0 aromatic carbocycles. The number of nitrogens with zero attached hydrogens (tertiary/aromatic N) is 1. The predicted octanol–water partition coefficient (Wildman–Crippen LogP) is 6.77. The van der Waals surface area contributed by atoms with Gasteiger partial charge in [-0.25, -0.2) is 10.0 Å². The Morgan fingerprint density at radius 1 is 0.615 bits per heavy atom. The van der Waals surface area contributed by atoms with Gasteiger partial charge in [-0.1, -0.05) is 104 Å². The molecule has 0 aliphatic heterocycles. The van der Waals surface area contributed by atoms with Crippen molar-refractivity contribution in [3.63, 3.8) is 0 Å². The van der Waals surface area contributed by atoms with Crippen molar-refractivity contribution >= 4 is 5.91 Å². The highest BCUT2D eigenvalue weighted by Crippen LogP contribution is 2.13. The minimum atomic E-state index is 0.207. The number of carbonyl (C=O) groups is 1. The molecule has 26 heavy (non-hydrogen) atoms. The summed E-state index contributed by atoms with van der Waals surface area (Å²) < 4.78 is 0.605. The number of nitrogens with one attached hydrogen (secondary N) is 1. The van der Waals surface area contributed by atoms with Crippen molar-refractivity contribution in [1.29, 1.82) is 0 Å². The second-order valence-electron chi connectivity index (χ2n) is 8.64. The molecule has 1 N–H and O–H groups in total. The Hall–Kier alpha value is -0.570. The third-order valence-electron chi connectivity index (χ3n) is 5.22. The van der Waals surface area contributed by atoms with Crippen LogP contribution in [0.4, 0.5) is 0 Å². The lowest BCUT2D eigenvalue weighted by atomic mass is 10.0. The van der Waals surface area contributed by atoms with E-state index in [9.17, 15) is 4.79 Å². The maximum absolute atomic E-state index is 11.9. The molecule has 0 aromatic rings. The maximum Gasteiger partial charge on any atom is 0.264 e. The molecule has 0 saturated heterocycles. The zero-order chi connectivity index (χ0) is 19.5. The van der Waals surface area contributed by atoms with Crippen molar-refractivity contribution in [3.8, 4) is 0 Å². The summed E-state index contributed by atoms with van der Waals surface area (Å²) in [6, 6.07) is 0. The summed E-state index contributed by atoms with van der Waals surface area (Å²) in [5.41, 5.74) is 3.11. The average molecular weight is 370 g/mol. The lowest BCUT2D eigenvalue weighted by molar-refractivity contribution is -0.925. The molecule has 0 rings (SSSR count). The second-order valence-corrected chi connectivity index (χ2v) is 8.64. The molecule has 0 aliphatic rings. The topological polar surface area (TPSA) is 29.1 Å². The second kappa shape index (κ2) is 17.8. The molecule has 0 radical (unpaired) electrons. The van der Waals surface area contributed by atoms with Crippen LogP contribution in [0.2, 0.25) is 0 Å². The van der Waals surface area contributed by atoms with Crippen LogP contribution >= 0.6 is 0 Å². The number of amides is 1. The van der Waals surface area contributed by atoms with Gasteiger partial charge in [-0.3, -0.25) is 4.79 Å². The first kappa shape index (κ1) is 25.4. The molecule has 0 aliphatic carbocycles. The van der Waals surface area contributed by atoms with E-state index in [1.165, 1.54) is 89.9 Å². The van der Waals surface area contributed by atoms with Gasteiger partial charge < -0.3 is 0 Å². The zero-order valence-electron chi connectivity index (χ0n) is 18.6. The monoisotopic (exact) mass is 369 g/mol. The van der Waals surface area contributed by atoms with E-state index >= 15 is 0 Å². The van der Waals surface area contributed by atoms with E-state index in [4.69, 9.17) is 0 Å². The Kier molecular flexibility index (Phi) is 17.4. The summed E-state index contributed by atoms with van der Waals surface area (Å²) in [4.78, 5) is 11.9. The predicted molar refractivity (Wildman–Crippen MR) is 115 cm³/mol. The third-order valence-corrected chi connectivity index (χ3v) is 5.22. The fraction of sp³-hybridized carbons (Fsp3) is 0.957. The molecule has 0 saturated carbocycles. The molecule has 3 nitrogen and oxygen atoms in total. The van der Waals surface area contributed by atoms with Crippen LogP contribution < -0.4 is 5.43 Å². The molecule has 3 heteroatoms. The van der Waals surface area contributed by atoms with Crippen LogP contribution in [-0.2, 0) is 4.79 Å². The van der Waals surface area contributed by atoms with Gasteiger partial charge in [0.2, 0.25) is 0 Å². The highest BCUT2D eigenvalue weighted by atomic mass is 16.2. The summed E-state index contributed by atoms with van der Waals surface area (Å²) in [5.74, 6) is 0.207. The molecule has 0 aromatic heterocycles. The van der Waals surface area contributed by atoms with Gasteiger partial charge in [-0.2, -0.15) is 0 Å². The Morgan fingerprint density at radius 2 is 1.00 bits per heavy atom. The Labute approximate surface area is 164 Å². The standard InChI is InChI=1S/C23H48N2O/c1-5-7-8-9-10-11-12-13-14-15-16-17-18-19-20-21-23(26)24-25(3,4)22-6-2/h5-22H2,1-4H3/p+1. The zero-order valence-corrected chi connectivity index (χ0v) is 18.6. The molecule has 1 amide bonds. The summed E-state index contributed by atoms with van der Waals surface area (Å²) in [6.07, 6.45) is 22.3. The first-order chi connectivity index (χ1) is 12.5. The summed E-state index contributed by atoms with van der Waals surface area (Å²) >= 11 is 0. The molecular formula is C23H49N2O+. The van der Waals surface area contributed by atoms with E-state index in [0.29, 0.717) is 11.0 Å². The van der Waals surface area contributed by atoms with Crippen molar-refractivity contribution in [2.24, 2.45) is 0 Å². The van der Waals surface area contributed by atoms with Crippen molar-refractivity contribution in [2.75, 3.05) is 20.6 Å². The van der Waals surface area contributed by atoms with E-state index in [2.05, 4.69) is 33.4 Å². The van der Waals surface area contributed by atoms with Gasteiger partial charge in [0.25, 0.3) is 5.91 Å². The van der Waals surface area contributed by atoms with E-state index in [1.807, 2.05) is 0 Å². The molecule has 0 bridgehead atoms. The smallest absolute Gasteiger partial charge is 0.264 e. The number of carbonyl (C=O) groups excluding carboxylic acids is 1. The van der Waals surface area contributed by atoms with E-state index in [0.717, 1.165) is 19.4 Å². The lowest BCUT2D eigenvalue weighted by Crippen LogP contribution is -2.54. The number of rotatable bonds is 19. The molecule has 0 unspecified atom stereocenters. The SMILES string of the molecule is CCCCCCCCCCCCCCCCCC(=O)N[N+](C)(C)CCC. The van der Waals surface area contributed by atoms with Gasteiger partial charge in [-0.05, 0) is 12.8 Å². The van der Waals surface area contributed by atoms with Crippen LogP contribution in [0.15, 0.2) is 0 Å². The van der Waals surface area contributed by atoms with Gasteiger partial charge in [0.15, 0.2) is 0 Å². The highest BCUT2D eigenvalue weighted by molar-refractivity contribution is 5.74. The van der Waals surface area contributed by atoms with Gasteiger partial charge in [-0.15, -0.1) is 0 Å². The minimum absolute atomic E-state index is 0.207. The quantitative estimate of drug-likeness (QED) is 0.152. The van der Waals surface area contributed by atoms with E-state index in [1.54, 1.807) is 0 Å². The van der Waals surface area contributed by atoms with Gasteiger partial charge in [0, 0.05) is 6.42 Å². The maximum atomic E-state index is 11.9.